The average molecular weight is 637 g/mol. The van der Waals surface area contributed by atoms with Gasteiger partial charge in [0.2, 0.25) is 15.7 Å². The highest BCUT2D eigenvalue weighted by Crippen LogP contribution is 2.46. The number of pyridine rings is 1. The topological polar surface area (TPSA) is 146 Å². The molecule has 0 aliphatic carbocycles. The van der Waals surface area contributed by atoms with E-state index >= 15 is 0 Å². The van der Waals surface area contributed by atoms with Crippen molar-refractivity contribution in [2.45, 2.75) is 48.5 Å². The highest BCUT2D eigenvalue weighted by atomic mass is 35.5. The van der Waals surface area contributed by atoms with Crippen molar-refractivity contribution in [2.24, 2.45) is 11.1 Å². The number of aldehydes is 1. The van der Waals surface area contributed by atoms with Gasteiger partial charge in [-0.1, -0.05) is 56.6 Å². The molecule has 0 bridgehead atoms. The Morgan fingerprint density at radius 1 is 1.00 bits per heavy atom. The van der Waals surface area contributed by atoms with Crippen LogP contribution in [0.5, 0.6) is 11.6 Å². The van der Waals surface area contributed by atoms with Gasteiger partial charge in [0, 0.05) is 17.1 Å². The molecular formula is C33H33ClN2O7S. The summed E-state index contributed by atoms with van der Waals surface area (Å²) < 4.78 is 37.7. The number of sulfone groups is 1. The number of nitrogens with two attached hydrogens (primary N) is 1. The van der Waals surface area contributed by atoms with Gasteiger partial charge in [-0.3, -0.25) is 4.79 Å². The van der Waals surface area contributed by atoms with E-state index in [1.165, 1.54) is 42.6 Å². The molecule has 3 N–H and O–H groups in total. The summed E-state index contributed by atoms with van der Waals surface area (Å²) in [5.74, 6) is -0.122. The second-order valence-corrected chi connectivity index (χ2v) is 13.7. The van der Waals surface area contributed by atoms with Crippen molar-refractivity contribution in [2.75, 3.05) is 6.61 Å². The lowest BCUT2D eigenvalue weighted by Gasteiger charge is -2.43. The minimum Gasteiger partial charge on any atom is -0.449 e. The number of carbonyl (C=O) groups excluding carboxylic acids is 2. The number of aliphatic hydroxyl groups is 1. The van der Waals surface area contributed by atoms with Crippen molar-refractivity contribution < 1.29 is 32.6 Å². The van der Waals surface area contributed by atoms with Gasteiger partial charge in [-0.2, -0.15) is 0 Å². The number of aromatic nitrogens is 1. The summed E-state index contributed by atoms with van der Waals surface area (Å²) in [5, 5.41) is 12.5. The average Bonchev–Trinajstić information content (AvgIpc) is 2.99. The first-order chi connectivity index (χ1) is 20.7. The molecule has 0 aliphatic heterocycles. The van der Waals surface area contributed by atoms with E-state index in [1.807, 2.05) is 20.8 Å². The Labute approximate surface area is 261 Å². The lowest BCUT2D eigenvalue weighted by molar-refractivity contribution is -0.0794. The molecule has 0 saturated carbocycles. The molecule has 230 valence electrons. The highest BCUT2D eigenvalue weighted by Gasteiger charge is 2.44. The molecule has 0 saturated heterocycles. The van der Waals surface area contributed by atoms with Crippen LogP contribution in [-0.2, 0) is 20.2 Å². The second-order valence-electron chi connectivity index (χ2n) is 11.3. The highest BCUT2D eigenvalue weighted by molar-refractivity contribution is 7.91. The Hall–Kier alpha value is -4.25. The van der Waals surface area contributed by atoms with Crippen molar-refractivity contribution in [3.05, 3.63) is 113 Å². The molecule has 0 spiro atoms. The molecule has 9 nitrogen and oxygen atoms in total. The molecule has 0 aliphatic rings. The SMILES string of the molecule is CC(C)(C)[C@](O)(CC(COC(N)=O)c1ccc(S(=O)(=O)c2ccc(Oc3ncccc3C=O)cc2)cc1)c1cccc(Cl)c1. The number of nitrogens with zero attached hydrogens (tertiary/aromatic N) is 1. The van der Waals surface area contributed by atoms with Crippen molar-refractivity contribution in [1.29, 1.82) is 0 Å². The standard InChI is InChI=1S/C33H33ClN2O7S/c1-32(2,3)33(39,25-7-4-8-26(34)18-25)19-24(21-42-31(35)38)22-9-13-28(14-10-22)44(40,41)29-15-11-27(12-16-29)43-30-23(20-37)6-5-17-36-30/h4-18,20,24,39H,19,21H2,1-3H3,(H2,35,38)/t24?,33-/m0/s1. The maximum atomic E-state index is 13.4. The zero-order valence-electron chi connectivity index (χ0n) is 24.4. The van der Waals surface area contributed by atoms with E-state index < -0.39 is 32.9 Å². The summed E-state index contributed by atoms with van der Waals surface area (Å²) in [6.45, 7) is 5.54. The number of hydrogen-bond donors (Lipinski definition) is 2. The first kappa shape index (κ1) is 32.7. The quantitative estimate of drug-likeness (QED) is 0.173. The van der Waals surface area contributed by atoms with Crippen LogP contribution >= 0.6 is 11.6 Å². The molecule has 4 rings (SSSR count). The summed E-state index contributed by atoms with van der Waals surface area (Å²) in [6.07, 6.45) is 1.26. The summed E-state index contributed by atoms with van der Waals surface area (Å²) in [4.78, 5) is 26.9. The Morgan fingerprint density at radius 3 is 2.20 bits per heavy atom. The fourth-order valence-corrected chi connectivity index (χ4v) is 6.30. The van der Waals surface area contributed by atoms with E-state index in [4.69, 9.17) is 26.8 Å². The lowest BCUT2D eigenvalue weighted by Crippen LogP contribution is -2.42. The molecule has 2 atom stereocenters. The van der Waals surface area contributed by atoms with Gasteiger partial charge in [-0.25, -0.2) is 18.2 Å². The van der Waals surface area contributed by atoms with Gasteiger partial charge >= 0.3 is 6.09 Å². The Bertz CT molecular complexity index is 1740. The molecule has 1 amide bonds. The molecule has 3 aromatic carbocycles. The zero-order chi connectivity index (χ0) is 32.1. The molecule has 44 heavy (non-hydrogen) atoms. The van der Waals surface area contributed by atoms with Crippen LogP contribution in [0.2, 0.25) is 5.02 Å². The third-order valence-corrected chi connectivity index (χ3v) is 9.47. The zero-order valence-corrected chi connectivity index (χ0v) is 26.0. The minimum atomic E-state index is -3.91. The first-order valence-corrected chi connectivity index (χ1v) is 15.5. The van der Waals surface area contributed by atoms with Crippen LogP contribution in [0, 0.1) is 5.41 Å². The molecule has 1 aromatic heterocycles. The van der Waals surface area contributed by atoms with Crippen molar-refractivity contribution in [3.8, 4) is 11.6 Å². The fraction of sp³-hybridized carbons (Fsp3) is 0.242. The van der Waals surface area contributed by atoms with Crippen LogP contribution in [-0.4, -0.2) is 37.5 Å². The molecule has 4 aromatic rings. The van der Waals surface area contributed by atoms with Gasteiger partial charge in [0.05, 0.1) is 21.0 Å². The maximum Gasteiger partial charge on any atom is 0.404 e. The lowest BCUT2D eigenvalue weighted by atomic mass is 9.67. The molecule has 1 heterocycles. The predicted octanol–water partition coefficient (Wildman–Crippen LogP) is 6.68. The maximum absolute atomic E-state index is 13.4. The fourth-order valence-electron chi connectivity index (χ4n) is 4.85. The third kappa shape index (κ3) is 7.27. The Balaban J connectivity index is 1.61. The van der Waals surface area contributed by atoms with Gasteiger partial charge in [0.25, 0.3) is 0 Å². The smallest absolute Gasteiger partial charge is 0.404 e. The Kier molecular flexibility index (Phi) is 9.78. The van der Waals surface area contributed by atoms with Crippen molar-refractivity contribution in [3.63, 3.8) is 0 Å². The monoisotopic (exact) mass is 636 g/mol. The van der Waals surface area contributed by atoms with Crippen LogP contribution in [0.3, 0.4) is 0 Å². The number of ether oxygens (including phenoxy) is 2. The predicted molar refractivity (Wildman–Crippen MR) is 166 cm³/mol. The van der Waals surface area contributed by atoms with Gasteiger partial charge in [0.1, 0.15) is 12.4 Å². The second kappa shape index (κ2) is 13.2. The number of rotatable bonds is 11. The summed E-state index contributed by atoms with van der Waals surface area (Å²) in [6, 6.07) is 22.1. The van der Waals surface area contributed by atoms with E-state index in [0.717, 1.165) is 0 Å². The number of amides is 1. The summed E-state index contributed by atoms with van der Waals surface area (Å²) in [7, 11) is -3.91. The van der Waals surface area contributed by atoms with Crippen LogP contribution in [0.4, 0.5) is 4.79 Å². The largest absolute Gasteiger partial charge is 0.449 e. The number of carbonyl (C=O) groups is 2. The first-order valence-electron chi connectivity index (χ1n) is 13.7. The van der Waals surface area contributed by atoms with Crippen LogP contribution in [0.15, 0.2) is 101 Å². The molecule has 0 radical (unpaired) electrons. The van der Waals surface area contributed by atoms with Gasteiger partial charge in [-0.05, 0) is 83.6 Å². The van der Waals surface area contributed by atoms with E-state index in [1.54, 1.807) is 48.5 Å². The van der Waals surface area contributed by atoms with E-state index in [2.05, 4.69) is 4.98 Å². The Morgan fingerprint density at radius 2 is 1.64 bits per heavy atom. The van der Waals surface area contributed by atoms with Gasteiger partial charge in [-0.15, -0.1) is 0 Å². The molecular weight excluding hydrogens is 604 g/mol. The molecule has 0 fully saturated rings. The van der Waals surface area contributed by atoms with Crippen LogP contribution in [0.1, 0.15) is 54.6 Å². The summed E-state index contributed by atoms with van der Waals surface area (Å²) in [5.41, 5.74) is 4.70. The number of primary amides is 1. The number of hydrogen-bond acceptors (Lipinski definition) is 8. The van der Waals surface area contributed by atoms with Crippen LogP contribution in [0.25, 0.3) is 0 Å². The van der Waals surface area contributed by atoms with E-state index in [-0.39, 0.29) is 34.3 Å². The summed E-state index contributed by atoms with van der Waals surface area (Å²) >= 11 is 6.25. The van der Waals surface area contributed by atoms with Crippen LogP contribution < -0.4 is 10.5 Å². The van der Waals surface area contributed by atoms with Crippen molar-refractivity contribution in [1.82, 2.24) is 4.98 Å². The normalized spacial score (nSPS) is 13.8. The van der Waals surface area contributed by atoms with Gasteiger partial charge in [0.15, 0.2) is 6.29 Å². The molecule has 1 unspecified atom stereocenters. The van der Waals surface area contributed by atoms with E-state index in [9.17, 15) is 23.1 Å². The third-order valence-electron chi connectivity index (χ3n) is 7.45. The molecule has 11 heteroatoms. The number of benzene rings is 3. The minimum absolute atomic E-state index is 0.0332. The van der Waals surface area contributed by atoms with Crippen molar-refractivity contribution >= 4 is 33.8 Å². The van der Waals surface area contributed by atoms with E-state index in [0.29, 0.717) is 28.2 Å². The number of halogens is 1. The van der Waals surface area contributed by atoms with Gasteiger partial charge < -0.3 is 20.3 Å².